The number of pyridine rings is 1. The molecule has 0 amide bonds. The van der Waals surface area contributed by atoms with E-state index in [1.165, 1.54) is 26.4 Å². The van der Waals surface area contributed by atoms with Gasteiger partial charge in [-0.15, -0.1) is 0 Å². The van der Waals surface area contributed by atoms with Crippen LogP contribution in [0.3, 0.4) is 0 Å². The zero-order chi connectivity index (χ0) is 17.3. The minimum Gasteiger partial charge on any atom is -0.493 e. The molecule has 3 nitrogen and oxygen atoms in total. The second-order valence-corrected chi connectivity index (χ2v) is 5.14. The van der Waals surface area contributed by atoms with Gasteiger partial charge in [0.1, 0.15) is 0 Å². The van der Waals surface area contributed by atoms with Crippen molar-refractivity contribution in [1.82, 2.24) is 4.98 Å². The third kappa shape index (κ3) is 2.87. The molecule has 0 saturated carbocycles. The quantitative estimate of drug-likeness (QED) is 0.680. The van der Waals surface area contributed by atoms with E-state index in [0.29, 0.717) is 11.3 Å². The standard InChI is InChI=1S/C18H14F3NO2/c1-23-16-8-12-13(18(19,20)21)9-14(11-6-4-3-5-7-11)22-15(12)10-17(16)24-2/h3-10H,1-2H3. The Labute approximate surface area is 136 Å². The lowest BCUT2D eigenvalue weighted by Crippen LogP contribution is -2.07. The van der Waals surface area contributed by atoms with Gasteiger partial charge in [0, 0.05) is 17.0 Å². The fourth-order valence-electron chi connectivity index (χ4n) is 2.54. The Balaban J connectivity index is 2.35. The lowest BCUT2D eigenvalue weighted by atomic mass is 10.0. The summed E-state index contributed by atoms with van der Waals surface area (Å²) < 4.78 is 50.9. The molecule has 6 heteroatoms. The van der Waals surface area contributed by atoms with Crippen LogP contribution in [0.25, 0.3) is 22.2 Å². The molecule has 1 heterocycles. The van der Waals surface area contributed by atoms with Crippen LogP contribution in [-0.2, 0) is 6.18 Å². The highest BCUT2D eigenvalue weighted by Gasteiger charge is 2.34. The van der Waals surface area contributed by atoms with Crippen LogP contribution in [0.4, 0.5) is 13.2 Å². The molecule has 0 aliphatic carbocycles. The maximum absolute atomic E-state index is 13.5. The Morgan fingerprint density at radius 2 is 1.50 bits per heavy atom. The number of rotatable bonds is 3. The molecule has 2 aromatic carbocycles. The van der Waals surface area contributed by atoms with Crippen LogP contribution < -0.4 is 9.47 Å². The molecule has 3 rings (SSSR count). The van der Waals surface area contributed by atoms with Gasteiger partial charge in [-0.1, -0.05) is 30.3 Å². The lowest BCUT2D eigenvalue weighted by molar-refractivity contribution is -0.136. The van der Waals surface area contributed by atoms with Crippen LogP contribution in [0.2, 0.25) is 0 Å². The molecule has 0 aliphatic rings. The topological polar surface area (TPSA) is 31.4 Å². The fourth-order valence-corrected chi connectivity index (χ4v) is 2.54. The van der Waals surface area contributed by atoms with Crippen molar-refractivity contribution < 1.29 is 22.6 Å². The first kappa shape index (κ1) is 16.1. The molecule has 0 N–H and O–H groups in total. The van der Waals surface area contributed by atoms with Crippen molar-refractivity contribution in [2.45, 2.75) is 6.18 Å². The van der Waals surface area contributed by atoms with E-state index in [1.54, 1.807) is 30.3 Å². The average molecular weight is 333 g/mol. The highest BCUT2D eigenvalue weighted by atomic mass is 19.4. The summed E-state index contributed by atoms with van der Waals surface area (Å²) in [5, 5.41) is -0.0279. The number of methoxy groups -OCH3 is 2. The second-order valence-electron chi connectivity index (χ2n) is 5.14. The summed E-state index contributed by atoms with van der Waals surface area (Å²) in [6, 6.07) is 12.6. The molecule has 0 spiro atoms. The molecule has 0 bridgehead atoms. The van der Waals surface area contributed by atoms with Gasteiger partial charge in [-0.25, -0.2) is 4.98 Å². The van der Waals surface area contributed by atoms with Gasteiger partial charge in [-0.05, 0) is 12.1 Å². The molecule has 3 aromatic rings. The van der Waals surface area contributed by atoms with E-state index in [-0.39, 0.29) is 22.3 Å². The van der Waals surface area contributed by atoms with Crippen LogP contribution in [0.15, 0.2) is 48.5 Å². The Bertz CT molecular complexity index is 877. The van der Waals surface area contributed by atoms with E-state index in [0.717, 1.165) is 6.07 Å². The van der Waals surface area contributed by atoms with E-state index in [2.05, 4.69) is 4.98 Å². The summed E-state index contributed by atoms with van der Waals surface area (Å²) in [5.41, 5.74) is 0.302. The third-order valence-electron chi connectivity index (χ3n) is 3.69. The average Bonchev–Trinajstić information content (AvgIpc) is 2.59. The molecule has 0 fully saturated rings. The van der Waals surface area contributed by atoms with Gasteiger partial charge in [0.15, 0.2) is 11.5 Å². The maximum atomic E-state index is 13.5. The molecular weight excluding hydrogens is 319 g/mol. The Morgan fingerprint density at radius 1 is 0.875 bits per heavy atom. The fraction of sp³-hybridized carbons (Fsp3) is 0.167. The van der Waals surface area contributed by atoms with Crippen molar-refractivity contribution in [3.05, 3.63) is 54.1 Å². The lowest BCUT2D eigenvalue weighted by Gasteiger charge is -2.15. The van der Waals surface area contributed by atoms with Gasteiger partial charge in [0.05, 0.1) is 31.0 Å². The van der Waals surface area contributed by atoms with Crippen molar-refractivity contribution in [2.75, 3.05) is 14.2 Å². The van der Waals surface area contributed by atoms with E-state index in [9.17, 15) is 13.2 Å². The van der Waals surface area contributed by atoms with Crippen molar-refractivity contribution in [1.29, 1.82) is 0 Å². The number of nitrogens with zero attached hydrogens (tertiary/aromatic N) is 1. The molecule has 0 unspecified atom stereocenters. The van der Waals surface area contributed by atoms with E-state index >= 15 is 0 Å². The van der Waals surface area contributed by atoms with Crippen LogP contribution in [0.5, 0.6) is 11.5 Å². The van der Waals surface area contributed by atoms with Gasteiger partial charge in [-0.3, -0.25) is 0 Å². The van der Waals surface area contributed by atoms with Crippen LogP contribution >= 0.6 is 0 Å². The summed E-state index contributed by atoms with van der Waals surface area (Å²) in [6.45, 7) is 0. The van der Waals surface area contributed by atoms with Gasteiger partial charge in [-0.2, -0.15) is 13.2 Å². The first-order valence-corrected chi connectivity index (χ1v) is 7.13. The Hall–Kier alpha value is -2.76. The predicted octanol–water partition coefficient (Wildman–Crippen LogP) is 4.94. The minimum absolute atomic E-state index is 0.0279. The number of benzene rings is 2. The molecule has 124 valence electrons. The first-order chi connectivity index (χ1) is 11.4. The molecule has 0 atom stereocenters. The number of hydrogen-bond acceptors (Lipinski definition) is 3. The van der Waals surface area contributed by atoms with E-state index in [1.807, 2.05) is 0 Å². The van der Waals surface area contributed by atoms with Gasteiger partial charge in [0.25, 0.3) is 0 Å². The van der Waals surface area contributed by atoms with Crippen molar-refractivity contribution in [3.8, 4) is 22.8 Å². The zero-order valence-electron chi connectivity index (χ0n) is 13.0. The summed E-state index contributed by atoms with van der Waals surface area (Å²) >= 11 is 0. The van der Waals surface area contributed by atoms with E-state index in [4.69, 9.17) is 9.47 Å². The number of ether oxygens (including phenoxy) is 2. The smallest absolute Gasteiger partial charge is 0.417 e. The third-order valence-corrected chi connectivity index (χ3v) is 3.69. The zero-order valence-corrected chi connectivity index (χ0v) is 13.0. The molecule has 0 aliphatic heterocycles. The SMILES string of the molecule is COc1cc2nc(-c3ccccc3)cc(C(F)(F)F)c2cc1OC. The highest BCUT2D eigenvalue weighted by molar-refractivity contribution is 5.88. The maximum Gasteiger partial charge on any atom is 0.417 e. The molecular formula is C18H14F3NO2. The van der Waals surface area contributed by atoms with Crippen LogP contribution in [0.1, 0.15) is 5.56 Å². The summed E-state index contributed by atoms with van der Waals surface area (Å²) in [4.78, 5) is 4.37. The molecule has 0 saturated heterocycles. The second kappa shape index (κ2) is 6.03. The van der Waals surface area contributed by atoms with E-state index < -0.39 is 11.7 Å². The molecule has 1 aromatic heterocycles. The number of alkyl halides is 3. The number of aromatic nitrogens is 1. The van der Waals surface area contributed by atoms with Crippen molar-refractivity contribution >= 4 is 10.9 Å². The normalized spacial score (nSPS) is 11.5. The summed E-state index contributed by atoms with van der Waals surface area (Å²) in [7, 11) is 2.80. The highest BCUT2D eigenvalue weighted by Crippen LogP contribution is 2.40. The summed E-state index contributed by atoms with van der Waals surface area (Å²) in [6.07, 6.45) is -4.51. The number of halogens is 3. The largest absolute Gasteiger partial charge is 0.493 e. The van der Waals surface area contributed by atoms with Crippen LogP contribution in [0, 0.1) is 0 Å². The van der Waals surface area contributed by atoms with Gasteiger partial charge >= 0.3 is 6.18 Å². The Morgan fingerprint density at radius 3 is 2.08 bits per heavy atom. The minimum atomic E-state index is -4.51. The molecule has 24 heavy (non-hydrogen) atoms. The predicted molar refractivity (Wildman–Crippen MR) is 85.3 cm³/mol. The van der Waals surface area contributed by atoms with Gasteiger partial charge < -0.3 is 9.47 Å². The number of hydrogen-bond donors (Lipinski definition) is 0. The first-order valence-electron chi connectivity index (χ1n) is 7.13. The monoisotopic (exact) mass is 333 g/mol. The van der Waals surface area contributed by atoms with Crippen molar-refractivity contribution in [3.63, 3.8) is 0 Å². The summed E-state index contributed by atoms with van der Waals surface area (Å²) in [5.74, 6) is 0.556. The molecule has 0 radical (unpaired) electrons. The number of fused-ring (bicyclic) bond motifs is 1. The van der Waals surface area contributed by atoms with Gasteiger partial charge in [0.2, 0.25) is 0 Å². The Kier molecular flexibility index (Phi) is 4.05. The van der Waals surface area contributed by atoms with Crippen LogP contribution in [-0.4, -0.2) is 19.2 Å². The van der Waals surface area contributed by atoms with Crippen molar-refractivity contribution in [2.24, 2.45) is 0 Å².